The van der Waals surface area contributed by atoms with Gasteiger partial charge in [-0.3, -0.25) is 19.9 Å². The number of aryl methyl sites for hydroxylation is 2. The van der Waals surface area contributed by atoms with Gasteiger partial charge in [-0.15, -0.1) is 0 Å². The van der Waals surface area contributed by atoms with Gasteiger partial charge in [0.05, 0.1) is 25.8 Å². The number of nitriles is 1. The number of fused-ring (bicyclic) bond motifs is 1. The van der Waals surface area contributed by atoms with Crippen LogP contribution in [-0.4, -0.2) is 84.1 Å². The second kappa shape index (κ2) is 12.3. The van der Waals surface area contributed by atoms with Crippen molar-refractivity contribution < 1.29 is 14.3 Å². The summed E-state index contributed by atoms with van der Waals surface area (Å²) in [4.78, 5) is 40.2. The number of amides is 3. The second-order valence-electron chi connectivity index (χ2n) is 9.31. The Morgan fingerprint density at radius 3 is 2.84 bits per heavy atom. The number of hydrogen-bond donors (Lipinski definition) is 1. The van der Waals surface area contributed by atoms with Crippen molar-refractivity contribution in [3.63, 3.8) is 0 Å². The van der Waals surface area contributed by atoms with E-state index in [-0.39, 0.29) is 11.9 Å². The number of pyridine rings is 2. The fourth-order valence-electron chi connectivity index (χ4n) is 4.67. The van der Waals surface area contributed by atoms with Gasteiger partial charge in [0.2, 0.25) is 11.8 Å². The minimum Gasteiger partial charge on any atom is -0.481 e. The van der Waals surface area contributed by atoms with E-state index in [4.69, 9.17) is 9.72 Å². The largest absolute Gasteiger partial charge is 0.481 e. The van der Waals surface area contributed by atoms with Crippen LogP contribution in [-0.2, 0) is 24.2 Å². The van der Waals surface area contributed by atoms with Gasteiger partial charge in [-0.2, -0.15) is 22.0 Å². The Kier molecular flexibility index (Phi) is 8.84. The monoisotopic (exact) mass is 523 g/mol. The summed E-state index contributed by atoms with van der Waals surface area (Å²) in [5, 5.41) is 12.3. The van der Waals surface area contributed by atoms with E-state index in [0.29, 0.717) is 49.3 Å². The molecule has 0 saturated carbocycles. The molecule has 0 spiro atoms. The summed E-state index contributed by atoms with van der Waals surface area (Å²) in [6.07, 6.45) is 6.84. The molecule has 1 N–H and O–H groups in total. The number of rotatable bonds is 8. The second-order valence-corrected chi connectivity index (χ2v) is 10.3. The first-order valence-corrected chi connectivity index (χ1v) is 13.8. The van der Waals surface area contributed by atoms with Crippen LogP contribution in [0.3, 0.4) is 0 Å². The highest BCUT2D eigenvalue weighted by molar-refractivity contribution is 7.98. The van der Waals surface area contributed by atoms with Crippen LogP contribution in [0, 0.1) is 11.3 Å². The van der Waals surface area contributed by atoms with Crippen LogP contribution in [0.2, 0.25) is 0 Å². The van der Waals surface area contributed by atoms with Crippen LogP contribution in [0.15, 0.2) is 18.3 Å². The zero-order valence-electron chi connectivity index (χ0n) is 21.6. The third-order valence-electron chi connectivity index (χ3n) is 6.65. The Hall–Kier alpha value is -3.36. The summed E-state index contributed by atoms with van der Waals surface area (Å²) in [6.45, 7) is 2.82. The average molecular weight is 524 g/mol. The highest BCUT2D eigenvalue weighted by Gasteiger charge is 2.28. The molecule has 196 valence electrons. The Labute approximate surface area is 222 Å². The first-order chi connectivity index (χ1) is 17.9. The summed E-state index contributed by atoms with van der Waals surface area (Å²) < 4.78 is 5.58. The third-order valence-corrected chi connectivity index (χ3v) is 7.35. The van der Waals surface area contributed by atoms with Crippen molar-refractivity contribution in [1.82, 2.24) is 19.8 Å². The molecule has 2 aliphatic heterocycles. The van der Waals surface area contributed by atoms with Gasteiger partial charge in [-0.25, -0.2) is 9.78 Å². The molecule has 0 radical (unpaired) electrons. The molecule has 0 unspecified atom stereocenters. The predicted octanol–water partition coefficient (Wildman–Crippen LogP) is 2.91. The van der Waals surface area contributed by atoms with Gasteiger partial charge in [0.1, 0.15) is 17.7 Å². The van der Waals surface area contributed by atoms with Crippen molar-refractivity contribution in [3.05, 3.63) is 40.6 Å². The van der Waals surface area contributed by atoms with E-state index in [0.717, 1.165) is 54.7 Å². The lowest BCUT2D eigenvalue weighted by Crippen LogP contribution is -2.48. The maximum absolute atomic E-state index is 13.3. The number of carbonyl (C=O) groups is 2. The number of hydrogen-bond acceptors (Lipinski definition) is 8. The van der Waals surface area contributed by atoms with E-state index in [1.165, 1.54) is 6.20 Å². The number of nitrogens with zero attached hydrogens (tertiary/aromatic N) is 6. The van der Waals surface area contributed by atoms with Gasteiger partial charge in [-0.1, -0.05) is 0 Å². The third kappa shape index (κ3) is 6.32. The van der Waals surface area contributed by atoms with E-state index in [9.17, 15) is 14.9 Å². The fourth-order valence-corrected chi connectivity index (χ4v) is 5.10. The zero-order chi connectivity index (χ0) is 26.4. The summed E-state index contributed by atoms with van der Waals surface area (Å²) >= 11 is 1.76. The summed E-state index contributed by atoms with van der Waals surface area (Å²) in [7, 11) is 3.49. The standard InChI is InChI=1S/C26H33N7O3S/c1-31-9-10-32(23(34)17-31)16-20-12-19-6-4-8-33(24(19)30-25(20)36-2)26(35)29-22-13-18(7-5-11-37-3)21(14-27)15-28-22/h12-13,15H,4-11,16-17H2,1-3H3,(H,28,29,35). The lowest BCUT2D eigenvalue weighted by atomic mass is 10.0. The van der Waals surface area contributed by atoms with Gasteiger partial charge in [0.25, 0.3) is 0 Å². The molecule has 0 aliphatic carbocycles. The maximum Gasteiger partial charge on any atom is 0.328 e. The van der Waals surface area contributed by atoms with E-state index in [1.54, 1.807) is 29.8 Å². The smallest absolute Gasteiger partial charge is 0.328 e. The number of urea groups is 1. The number of piperazine rings is 1. The molecule has 10 nitrogen and oxygen atoms in total. The topological polar surface area (TPSA) is 115 Å². The maximum atomic E-state index is 13.3. The molecule has 2 aliphatic rings. The fraction of sp³-hybridized carbons (Fsp3) is 0.500. The molecule has 11 heteroatoms. The van der Waals surface area contributed by atoms with Crippen LogP contribution in [0.25, 0.3) is 0 Å². The Morgan fingerprint density at radius 2 is 2.11 bits per heavy atom. The molecule has 0 aromatic carbocycles. The van der Waals surface area contributed by atoms with E-state index in [2.05, 4.69) is 22.6 Å². The van der Waals surface area contributed by atoms with Crippen LogP contribution >= 0.6 is 11.8 Å². The molecule has 3 amide bonds. The van der Waals surface area contributed by atoms with Crippen LogP contribution in [0.1, 0.15) is 35.1 Å². The van der Waals surface area contributed by atoms with E-state index >= 15 is 0 Å². The average Bonchev–Trinajstić information content (AvgIpc) is 2.89. The van der Waals surface area contributed by atoms with Gasteiger partial charge >= 0.3 is 6.03 Å². The lowest BCUT2D eigenvalue weighted by Gasteiger charge is -2.33. The summed E-state index contributed by atoms with van der Waals surface area (Å²) in [5.74, 6) is 2.46. The highest BCUT2D eigenvalue weighted by atomic mass is 32.2. The first kappa shape index (κ1) is 26.7. The number of anilines is 2. The lowest BCUT2D eigenvalue weighted by molar-refractivity contribution is -0.136. The van der Waals surface area contributed by atoms with Crippen molar-refractivity contribution in [2.45, 2.75) is 32.2 Å². The number of carbonyl (C=O) groups excluding carboxylic acids is 2. The Bertz CT molecular complexity index is 1200. The van der Waals surface area contributed by atoms with E-state index < -0.39 is 0 Å². The molecule has 2 aromatic rings. The van der Waals surface area contributed by atoms with Crippen molar-refractivity contribution in [2.24, 2.45) is 0 Å². The van der Waals surface area contributed by atoms with Crippen molar-refractivity contribution in [1.29, 1.82) is 5.26 Å². The summed E-state index contributed by atoms with van der Waals surface area (Å²) in [5.41, 5.74) is 3.19. The van der Waals surface area contributed by atoms with Gasteiger partial charge in [-0.05, 0) is 68.0 Å². The molecule has 4 heterocycles. The zero-order valence-corrected chi connectivity index (χ0v) is 22.4. The molecular weight excluding hydrogens is 490 g/mol. The quantitative estimate of drug-likeness (QED) is 0.526. The SMILES string of the molecule is COc1nc2c(cc1CN1CCN(C)CC1=O)CCCN2C(=O)Nc1cc(CCCSC)c(C#N)cn1. The van der Waals surface area contributed by atoms with Crippen molar-refractivity contribution >= 4 is 35.3 Å². The molecule has 1 saturated heterocycles. The minimum atomic E-state index is -0.329. The van der Waals surface area contributed by atoms with Crippen molar-refractivity contribution in [2.75, 3.05) is 62.6 Å². The van der Waals surface area contributed by atoms with Crippen LogP contribution < -0.4 is 15.0 Å². The van der Waals surface area contributed by atoms with Gasteiger partial charge in [0, 0.05) is 31.4 Å². The molecule has 1 fully saturated rings. The Morgan fingerprint density at radius 1 is 1.27 bits per heavy atom. The number of ether oxygens (including phenoxy) is 1. The molecular formula is C26H33N7O3S. The number of thioether (sulfide) groups is 1. The summed E-state index contributed by atoms with van der Waals surface area (Å²) in [6, 6.07) is 5.65. The highest BCUT2D eigenvalue weighted by Crippen LogP contribution is 2.32. The van der Waals surface area contributed by atoms with Crippen molar-refractivity contribution in [3.8, 4) is 11.9 Å². The molecule has 0 atom stereocenters. The van der Waals surface area contributed by atoms with E-state index in [1.807, 2.05) is 22.9 Å². The van der Waals surface area contributed by atoms with Crippen LogP contribution in [0.4, 0.5) is 16.4 Å². The first-order valence-electron chi connectivity index (χ1n) is 12.4. The Balaban J connectivity index is 1.53. The van der Waals surface area contributed by atoms with Crippen LogP contribution in [0.5, 0.6) is 5.88 Å². The molecule has 4 rings (SSSR count). The number of methoxy groups -OCH3 is 1. The van der Waals surface area contributed by atoms with Gasteiger partial charge < -0.3 is 9.64 Å². The number of likely N-dealkylation sites (N-methyl/N-ethyl adjacent to an activating group) is 1. The normalized spacial score (nSPS) is 15.8. The number of nitrogens with one attached hydrogen (secondary N) is 1. The number of aromatic nitrogens is 2. The molecule has 37 heavy (non-hydrogen) atoms. The minimum absolute atomic E-state index is 0.0808. The molecule has 0 bridgehead atoms. The molecule has 2 aromatic heterocycles. The predicted molar refractivity (Wildman–Crippen MR) is 144 cm³/mol. The van der Waals surface area contributed by atoms with Gasteiger partial charge in [0.15, 0.2) is 0 Å².